The normalized spacial score (nSPS) is 12.0. The molecule has 5 rings (SSSR count). The number of imidazole rings is 1. The van der Waals surface area contributed by atoms with E-state index in [1.54, 1.807) is 6.20 Å². The molecule has 3 N–H and O–H groups in total. The van der Waals surface area contributed by atoms with E-state index < -0.39 is 10.0 Å². The number of rotatable bonds is 4. The summed E-state index contributed by atoms with van der Waals surface area (Å²) in [5, 5.41) is 5.05. The van der Waals surface area contributed by atoms with Crippen LogP contribution in [0.15, 0.2) is 47.1 Å². The number of nitrogens with two attached hydrogens (primary N) is 1. The van der Waals surface area contributed by atoms with Crippen molar-refractivity contribution in [3.8, 4) is 22.3 Å². The van der Waals surface area contributed by atoms with E-state index in [1.807, 2.05) is 57.2 Å². The van der Waals surface area contributed by atoms with Crippen molar-refractivity contribution in [2.75, 3.05) is 16.8 Å². The second-order valence-electron chi connectivity index (χ2n) is 8.10. The van der Waals surface area contributed by atoms with Gasteiger partial charge in [-0.1, -0.05) is 17.3 Å². The molecule has 3 heterocycles. The third-order valence-corrected chi connectivity index (χ3v) is 6.21. The minimum atomic E-state index is -3.58. The van der Waals surface area contributed by atoms with Crippen molar-refractivity contribution < 1.29 is 12.9 Å². The van der Waals surface area contributed by atoms with E-state index in [2.05, 4.69) is 19.8 Å². The van der Waals surface area contributed by atoms with E-state index in [0.717, 1.165) is 50.7 Å². The molecule has 0 unspecified atom stereocenters. The molecule has 0 aliphatic rings. The average Bonchev–Trinajstić information content (AvgIpc) is 3.25. The Labute approximate surface area is 190 Å². The van der Waals surface area contributed by atoms with Crippen LogP contribution in [0.3, 0.4) is 0 Å². The van der Waals surface area contributed by atoms with Gasteiger partial charge in [-0.2, -0.15) is 0 Å². The molecule has 0 saturated heterocycles. The zero-order chi connectivity index (χ0) is 23.5. The lowest BCUT2D eigenvalue weighted by Gasteiger charge is -2.13. The van der Waals surface area contributed by atoms with Crippen LogP contribution >= 0.6 is 0 Å². The topological polar surface area (TPSA) is 129 Å². The van der Waals surface area contributed by atoms with Crippen molar-refractivity contribution in [1.82, 2.24) is 19.8 Å². The first-order chi connectivity index (χ1) is 15.6. The second kappa shape index (κ2) is 7.31. The predicted octanol–water partition coefficient (Wildman–Crippen LogP) is 3.92. The number of nitrogens with zero attached hydrogens (tertiary/aromatic N) is 4. The van der Waals surface area contributed by atoms with Crippen molar-refractivity contribution in [1.29, 1.82) is 0 Å². The molecular weight excluding hydrogens is 440 g/mol. The number of hydrogen-bond donors (Lipinski definition) is 2. The smallest absolute Gasteiger partial charge is 0.236 e. The van der Waals surface area contributed by atoms with Crippen molar-refractivity contribution >= 4 is 37.9 Å². The zero-order valence-electron chi connectivity index (χ0n) is 18.5. The number of nitrogen functional groups attached to an aromatic ring is 1. The van der Waals surface area contributed by atoms with E-state index in [9.17, 15) is 8.42 Å². The summed E-state index contributed by atoms with van der Waals surface area (Å²) in [6.45, 7) is 5.74. The molecule has 0 atom stereocenters. The van der Waals surface area contributed by atoms with Crippen LogP contribution in [0.25, 0.3) is 44.2 Å². The summed E-state index contributed by atoms with van der Waals surface area (Å²) in [5.74, 6) is 7.02. The Bertz CT molecular complexity index is 1650. The van der Waals surface area contributed by atoms with Gasteiger partial charge in [0.2, 0.25) is 16.0 Å². The van der Waals surface area contributed by atoms with Gasteiger partial charge in [0.1, 0.15) is 11.3 Å². The number of anilines is 1. The summed E-state index contributed by atoms with van der Waals surface area (Å²) in [5.41, 5.74) is 7.19. The molecular formula is C23H22N6O3S. The molecule has 0 spiro atoms. The fourth-order valence-corrected chi connectivity index (χ4v) is 4.76. The van der Waals surface area contributed by atoms with Crippen molar-refractivity contribution in [2.45, 2.75) is 20.8 Å². The number of benzene rings is 2. The van der Waals surface area contributed by atoms with Crippen molar-refractivity contribution in [2.24, 2.45) is 0 Å². The minimum Gasteiger partial charge on any atom is -0.361 e. The first-order valence-electron chi connectivity index (χ1n) is 10.2. The van der Waals surface area contributed by atoms with Gasteiger partial charge in [-0.25, -0.2) is 18.1 Å². The lowest BCUT2D eigenvalue weighted by Crippen LogP contribution is -2.18. The maximum absolute atomic E-state index is 11.9. The highest BCUT2D eigenvalue weighted by Crippen LogP contribution is 2.40. The zero-order valence-corrected chi connectivity index (χ0v) is 19.4. The number of hydrogen-bond acceptors (Lipinski definition) is 7. The predicted molar refractivity (Wildman–Crippen MR) is 129 cm³/mol. The molecule has 0 bridgehead atoms. The fraction of sp³-hybridized carbons (Fsp3) is 0.174. The van der Waals surface area contributed by atoms with Gasteiger partial charge in [-0.05, 0) is 61.7 Å². The molecule has 0 fully saturated rings. The molecule has 33 heavy (non-hydrogen) atoms. The molecule has 3 aromatic heterocycles. The standard InChI is InChI=1S/C23H22N6O3S/c1-12-7-8-18-16(6-5-9-25-18)20(12)17-10-15(21-13(2)27-32-14(21)3)11-19-22(17)26-23(29(19)24)28-33(4,30)31/h5-11H,24H2,1-4H3,(H,26,28). The highest BCUT2D eigenvalue weighted by molar-refractivity contribution is 7.92. The quantitative estimate of drug-likeness (QED) is 0.387. The first-order valence-corrected chi connectivity index (χ1v) is 12.1. The summed E-state index contributed by atoms with van der Waals surface area (Å²) in [4.78, 5) is 9.07. The number of aromatic nitrogens is 4. The third-order valence-electron chi connectivity index (χ3n) is 5.66. The SMILES string of the molecule is Cc1ccc2ncccc2c1-c1cc(-c2c(C)noc2C)cc2c1nc(NS(C)(=O)=O)n2N. The second-order valence-corrected chi connectivity index (χ2v) is 9.85. The van der Waals surface area contributed by atoms with Gasteiger partial charge in [-0.3, -0.25) is 9.71 Å². The Morgan fingerprint density at radius 3 is 2.58 bits per heavy atom. The largest absolute Gasteiger partial charge is 0.361 e. The average molecular weight is 463 g/mol. The van der Waals surface area contributed by atoms with Crippen molar-refractivity contribution in [3.05, 3.63) is 59.6 Å². The molecule has 0 radical (unpaired) electrons. The summed E-state index contributed by atoms with van der Waals surface area (Å²) in [6, 6.07) is 11.8. The third kappa shape index (κ3) is 3.48. The Morgan fingerprint density at radius 2 is 1.88 bits per heavy atom. The van der Waals surface area contributed by atoms with Gasteiger partial charge in [0.05, 0.1) is 23.0 Å². The van der Waals surface area contributed by atoms with Gasteiger partial charge >= 0.3 is 0 Å². The number of nitrogens with one attached hydrogen (secondary N) is 1. The van der Waals surface area contributed by atoms with E-state index in [0.29, 0.717) is 16.8 Å². The lowest BCUT2D eigenvalue weighted by atomic mass is 9.91. The maximum atomic E-state index is 11.9. The van der Waals surface area contributed by atoms with E-state index in [-0.39, 0.29) is 5.95 Å². The molecule has 168 valence electrons. The molecule has 0 amide bonds. The van der Waals surface area contributed by atoms with Gasteiger partial charge in [0, 0.05) is 22.7 Å². The Kier molecular flexibility index (Phi) is 4.64. The van der Waals surface area contributed by atoms with Gasteiger partial charge in [0.15, 0.2) is 0 Å². The number of aryl methyl sites for hydroxylation is 3. The Morgan fingerprint density at radius 1 is 1.09 bits per heavy atom. The van der Waals surface area contributed by atoms with Crippen LogP contribution in [0.1, 0.15) is 17.0 Å². The molecule has 5 aromatic rings. The maximum Gasteiger partial charge on any atom is 0.236 e. The van der Waals surface area contributed by atoms with Gasteiger partial charge < -0.3 is 10.4 Å². The minimum absolute atomic E-state index is 0.0284. The summed E-state index contributed by atoms with van der Waals surface area (Å²) in [6.07, 6.45) is 2.81. The highest BCUT2D eigenvalue weighted by Gasteiger charge is 2.22. The molecule has 2 aromatic carbocycles. The van der Waals surface area contributed by atoms with Crippen LogP contribution < -0.4 is 10.6 Å². The summed E-state index contributed by atoms with van der Waals surface area (Å²) < 4.78 is 32.9. The molecule has 10 heteroatoms. The molecule has 0 aliphatic heterocycles. The molecule has 0 aliphatic carbocycles. The lowest BCUT2D eigenvalue weighted by molar-refractivity contribution is 0.393. The number of fused-ring (bicyclic) bond motifs is 2. The van der Waals surface area contributed by atoms with Gasteiger partial charge in [-0.15, -0.1) is 0 Å². The monoisotopic (exact) mass is 462 g/mol. The van der Waals surface area contributed by atoms with Crippen LogP contribution in [-0.2, 0) is 10.0 Å². The summed E-state index contributed by atoms with van der Waals surface area (Å²) >= 11 is 0. The van der Waals surface area contributed by atoms with Crippen LogP contribution in [0.5, 0.6) is 0 Å². The van der Waals surface area contributed by atoms with E-state index in [1.165, 1.54) is 4.68 Å². The number of pyridine rings is 1. The van der Waals surface area contributed by atoms with Crippen LogP contribution in [0, 0.1) is 20.8 Å². The van der Waals surface area contributed by atoms with E-state index in [4.69, 9.17) is 10.4 Å². The van der Waals surface area contributed by atoms with Crippen LogP contribution in [0.2, 0.25) is 0 Å². The molecule has 9 nitrogen and oxygen atoms in total. The molecule has 0 saturated carbocycles. The van der Waals surface area contributed by atoms with Crippen molar-refractivity contribution in [3.63, 3.8) is 0 Å². The number of sulfonamides is 1. The van der Waals surface area contributed by atoms with Crippen LogP contribution in [-0.4, -0.2) is 34.5 Å². The Balaban J connectivity index is 1.92. The van der Waals surface area contributed by atoms with Crippen LogP contribution in [0.4, 0.5) is 5.95 Å². The summed E-state index contributed by atoms with van der Waals surface area (Å²) in [7, 11) is -3.58. The highest BCUT2D eigenvalue weighted by atomic mass is 32.2. The first kappa shape index (κ1) is 21.0. The van der Waals surface area contributed by atoms with Gasteiger partial charge in [0.25, 0.3) is 0 Å². The fourth-order valence-electron chi connectivity index (χ4n) is 4.28. The Hall–Kier alpha value is -3.92. The van der Waals surface area contributed by atoms with E-state index >= 15 is 0 Å².